The molecular formula is C13H7Cl5N2O2. The highest BCUT2D eigenvalue weighted by molar-refractivity contribution is 6.56. The van der Waals surface area contributed by atoms with E-state index in [1.54, 1.807) is 0 Å². The summed E-state index contributed by atoms with van der Waals surface area (Å²) in [6.45, 7) is 0. The van der Waals surface area contributed by atoms with Gasteiger partial charge in [-0.1, -0.05) is 58.0 Å². The zero-order chi connectivity index (χ0) is 16.6. The van der Waals surface area contributed by atoms with Gasteiger partial charge in [0.25, 0.3) is 0 Å². The minimum atomic E-state index is -0.625. The number of methoxy groups -OCH3 is 1. The largest absolute Gasteiger partial charge is 0.465 e. The topological polar surface area (TPSA) is 65.2 Å². The second-order valence-corrected chi connectivity index (χ2v) is 5.95. The quantitative estimate of drug-likeness (QED) is 0.417. The first-order valence-corrected chi connectivity index (χ1v) is 7.54. The molecule has 0 spiro atoms. The first-order chi connectivity index (χ1) is 10.3. The summed E-state index contributed by atoms with van der Waals surface area (Å²) in [4.78, 5) is 15.8. The van der Waals surface area contributed by atoms with E-state index in [0.29, 0.717) is 0 Å². The molecule has 0 amide bonds. The van der Waals surface area contributed by atoms with E-state index in [9.17, 15) is 4.79 Å². The van der Waals surface area contributed by atoms with Gasteiger partial charge in [0.1, 0.15) is 0 Å². The number of rotatable bonds is 2. The van der Waals surface area contributed by atoms with E-state index >= 15 is 0 Å². The highest BCUT2D eigenvalue weighted by Gasteiger charge is 2.24. The van der Waals surface area contributed by atoms with Gasteiger partial charge in [0.15, 0.2) is 0 Å². The van der Waals surface area contributed by atoms with Crippen molar-refractivity contribution in [3.63, 3.8) is 0 Å². The summed E-state index contributed by atoms with van der Waals surface area (Å²) < 4.78 is 4.65. The van der Waals surface area contributed by atoms with Crippen LogP contribution < -0.4 is 5.73 Å². The molecule has 0 radical (unpaired) electrons. The van der Waals surface area contributed by atoms with Crippen LogP contribution in [-0.2, 0) is 4.74 Å². The molecule has 1 aromatic heterocycles. The van der Waals surface area contributed by atoms with E-state index in [1.807, 2.05) is 0 Å². The Kier molecular flexibility index (Phi) is 5.30. The Balaban J connectivity index is 2.82. The SMILES string of the molecule is COC(=O)c1ccnc(-c2c(Cl)c(Cl)c(Cl)c(Cl)c2Cl)c1N. The molecule has 0 saturated heterocycles. The number of carbonyl (C=O) groups excluding carboxylic acids is 1. The summed E-state index contributed by atoms with van der Waals surface area (Å²) in [6.07, 6.45) is 1.36. The van der Waals surface area contributed by atoms with Crippen molar-refractivity contribution in [1.29, 1.82) is 0 Å². The molecule has 0 saturated carbocycles. The minimum absolute atomic E-state index is 0.0115. The molecule has 9 heteroatoms. The number of anilines is 1. The molecule has 1 aromatic carbocycles. The van der Waals surface area contributed by atoms with Gasteiger partial charge in [0, 0.05) is 11.8 Å². The molecule has 4 nitrogen and oxygen atoms in total. The fraction of sp³-hybridized carbons (Fsp3) is 0.0769. The van der Waals surface area contributed by atoms with Crippen molar-refractivity contribution in [3.05, 3.63) is 42.9 Å². The van der Waals surface area contributed by atoms with Crippen molar-refractivity contribution in [2.75, 3.05) is 12.8 Å². The van der Waals surface area contributed by atoms with Crippen molar-refractivity contribution in [3.8, 4) is 11.3 Å². The first-order valence-electron chi connectivity index (χ1n) is 5.65. The summed E-state index contributed by atoms with van der Waals surface area (Å²) in [7, 11) is 1.23. The number of benzene rings is 1. The smallest absolute Gasteiger partial charge is 0.340 e. The van der Waals surface area contributed by atoms with Gasteiger partial charge in [-0.05, 0) is 6.07 Å². The summed E-state index contributed by atoms with van der Waals surface area (Å²) in [5, 5.41) is 0.101. The van der Waals surface area contributed by atoms with Crippen LogP contribution in [0.5, 0.6) is 0 Å². The summed E-state index contributed by atoms with van der Waals surface area (Å²) in [5.41, 5.74) is 6.45. The van der Waals surface area contributed by atoms with Crippen molar-refractivity contribution in [1.82, 2.24) is 4.98 Å². The zero-order valence-corrected chi connectivity index (χ0v) is 14.7. The third kappa shape index (κ3) is 2.82. The Morgan fingerprint density at radius 1 is 1.05 bits per heavy atom. The Morgan fingerprint density at radius 3 is 2.05 bits per heavy atom. The number of nitrogen functional groups attached to an aromatic ring is 1. The highest BCUT2D eigenvalue weighted by Crippen LogP contribution is 2.49. The third-order valence-corrected chi connectivity index (χ3v) is 5.12. The Labute approximate surface area is 151 Å². The molecule has 0 aliphatic heterocycles. The third-order valence-electron chi connectivity index (χ3n) is 2.84. The fourth-order valence-corrected chi connectivity index (χ4v) is 3.09. The normalized spacial score (nSPS) is 10.6. The Morgan fingerprint density at radius 2 is 1.55 bits per heavy atom. The molecule has 116 valence electrons. The van der Waals surface area contributed by atoms with E-state index in [2.05, 4.69) is 9.72 Å². The van der Waals surface area contributed by atoms with Gasteiger partial charge < -0.3 is 10.5 Å². The lowest BCUT2D eigenvalue weighted by Gasteiger charge is -2.14. The average Bonchev–Trinajstić information content (AvgIpc) is 2.52. The number of halogens is 5. The van der Waals surface area contributed by atoms with E-state index in [4.69, 9.17) is 63.7 Å². The van der Waals surface area contributed by atoms with Crippen molar-refractivity contribution in [2.24, 2.45) is 0 Å². The number of carbonyl (C=O) groups is 1. The van der Waals surface area contributed by atoms with Crippen LogP contribution in [0.3, 0.4) is 0 Å². The summed E-state index contributed by atoms with van der Waals surface area (Å²) in [6, 6.07) is 1.41. The monoisotopic (exact) mass is 398 g/mol. The van der Waals surface area contributed by atoms with Gasteiger partial charge >= 0.3 is 5.97 Å². The van der Waals surface area contributed by atoms with Gasteiger partial charge in [-0.2, -0.15) is 0 Å². The predicted octanol–water partition coefficient (Wildman–Crippen LogP) is 5.38. The molecule has 2 N–H and O–H groups in total. The second kappa shape index (κ2) is 6.69. The number of esters is 1. The molecule has 1 heterocycles. The molecule has 2 rings (SSSR count). The Bertz CT molecular complexity index is 751. The van der Waals surface area contributed by atoms with Gasteiger partial charge in [-0.15, -0.1) is 0 Å². The number of nitrogens with two attached hydrogens (primary N) is 1. The average molecular weight is 400 g/mol. The predicted molar refractivity (Wildman–Crippen MR) is 90.5 cm³/mol. The van der Waals surface area contributed by atoms with Gasteiger partial charge in [0.2, 0.25) is 0 Å². The van der Waals surface area contributed by atoms with Crippen LogP contribution in [-0.4, -0.2) is 18.1 Å². The van der Waals surface area contributed by atoms with Crippen LogP contribution in [0.1, 0.15) is 10.4 Å². The van der Waals surface area contributed by atoms with Crippen molar-refractivity contribution >= 4 is 69.7 Å². The van der Waals surface area contributed by atoms with E-state index in [0.717, 1.165) is 0 Å². The number of pyridine rings is 1. The number of hydrogen-bond acceptors (Lipinski definition) is 4. The molecule has 0 atom stereocenters. The van der Waals surface area contributed by atoms with Crippen LogP contribution in [0.25, 0.3) is 11.3 Å². The molecule has 0 unspecified atom stereocenters. The lowest BCUT2D eigenvalue weighted by atomic mass is 10.1. The molecule has 0 bridgehead atoms. The van der Waals surface area contributed by atoms with E-state index < -0.39 is 5.97 Å². The van der Waals surface area contributed by atoms with Crippen LogP contribution in [0.15, 0.2) is 12.3 Å². The highest BCUT2D eigenvalue weighted by atomic mass is 35.5. The maximum Gasteiger partial charge on any atom is 0.340 e. The summed E-state index contributed by atoms with van der Waals surface area (Å²) in [5.74, 6) is -0.625. The first kappa shape index (κ1) is 17.4. The Hall–Kier alpha value is -0.910. The maximum absolute atomic E-state index is 11.7. The van der Waals surface area contributed by atoms with Crippen LogP contribution >= 0.6 is 58.0 Å². The zero-order valence-electron chi connectivity index (χ0n) is 10.9. The van der Waals surface area contributed by atoms with Crippen LogP contribution in [0, 0.1) is 0 Å². The summed E-state index contributed by atoms with van der Waals surface area (Å²) >= 11 is 30.3. The molecule has 2 aromatic rings. The minimum Gasteiger partial charge on any atom is -0.465 e. The van der Waals surface area contributed by atoms with Gasteiger partial charge in [-0.25, -0.2) is 4.79 Å². The number of aromatic nitrogens is 1. The maximum atomic E-state index is 11.7. The number of hydrogen-bond donors (Lipinski definition) is 1. The van der Waals surface area contributed by atoms with Crippen LogP contribution in [0.4, 0.5) is 5.69 Å². The van der Waals surface area contributed by atoms with Gasteiger partial charge in [0.05, 0.1) is 49.2 Å². The van der Waals surface area contributed by atoms with Gasteiger partial charge in [-0.3, -0.25) is 4.98 Å². The van der Waals surface area contributed by atoms with E-state index in [-0.39, 0.29) is 47.6 Å². The molecule has 22 heavy (non-hydrogen) atoms. The van der Waals surface area contributed by atoms with Crippen LogP contribution in [0.2, 0.25) is 25.1 Å². The lowest BCUT2D eigenvalue weighted by Crippen LogP contribution is -2.08. The number of nitrogens with zero attached hydrogens (tertiary/aromatic N) is 1. The second-order valence-electron chi connectivity index (χ2n) is 4.06. The molecular weight excluding hydrogens is 393 g/mol. The van der Waals surface area contributed by atoms with E-state index in [1.165, 1.54) is 19.4 Å². The molecule has 0 aliphatic rings. The van der Waals surface area contributed by atoms with Crippen molar-refractivity contribution < 1.29 is 9.53 Å². The lowest BCUT2D eigenvalue weighted by molar-refractivity contribution is 0.0602. The molecule has 0 fully saturated rings. The number of ether oxygens (including phenoxy) is 1. The fourth-order valence-electron chi connectivity index (χ4n) is 1.77. The molecule has 0 aliphatic carbocycles. The van der Waals surface area contributed by atoms with Crippen molar-refractivity contribution in [2.45, 2.75) is 0 Å². The standard InChI is InChI=1S/C13H7Cl5N2O2/c1-22-13(21)4-2-3-20-12(11(4)19)5-6(14)8(16)10(18)9(17)7(5)15/h2-3H,19H2,1H3.